The van der Waals surface area contributed by atoms with Gasteiger partial charge in [-0.25, -0.2) is 0 Å². The number of rotatable bonds is 10. The van der Waals surface area contributed by atoms with Crippen LogP contribution in [-0.2, 0) is 20.6 Å². The molecule has 0 saturated heterocycles. The van der Waals surface area contributed by atoms with Crippen molar-refractivity contribution in [1.29, 1.82) is 0 Å². The molecule has 11 heteroatoms. The average molecular weight is 403 g/mol. The number of hydrogen-bond acceptors (Lipinski definition) is 5. The molecule has 0 N–H and O–H groups in total. The molecule has 0 aliphatic rings. The first kappa shape index (κ1) is 22.1. The molecule has 21 heavy (non-hydrogen) atoms. The first-order chi connectivity index (χ1) is 9.12. The van der Waals surface area contributed by atoms with Gasteiger partial charge in [-0.3, -0.25) is 0 Å². The Bertz CT molecular complexity index is 312. The van der Waals surface area contributed by atoms with Crippen LogP contribution < -0.4 is 0 Å². The Balaban J connectivity index is 4.13. The van der Waals surface area contributed by atoms with E-state index in [1.165, 1.54) is 0 Å². The van der Waals surface area contributed by atoms with Crippen LogP contribution in [0.2, 0.25) is 65.5 Å². The van der Waals surface area contributed by atoms with E-state index in [4.69, 9.17) is 20.6 Å². The summed E-state index contributed by atoms with van der Waals surface area (Å²) in [5.41, 5.74) is 0. The van der Waals surface area contributed by atoms with Crippen LogP contribution in [0, 0.1) is 0 Å². The van der Waals surface area contributed by atoms with Gasteiger partial charge in [0.15, 0.2) is 16.6 Å². The first-order valence-electron chi connectivity index (χ1n) is 7.38. The van der Waals surface area contributed by atoms with E-state index in [9.17, 15) is 0 Å². The molecule has 0 radical (unpaired) electrons. The van der Waals surface area contributed by atoms with Gasteiger partial charge in [0, 0.05) is 0 Å². The summed E-state index contributed by atoms with van der Waals surface area (Å²) in [5, 5.41) is 0. The van der Waals surface area contributed by atoms with Crippen molar-refractivity contribution in [1.82, 2.24) is 0 Å². The van der Waals surface area contributed by atoms with Gasteiger partial charge in [-0.05, 0) is 65.5 Å². The lowest BCUT2D eigenvalue weighted by Crippen LogP contribution is -2.53. The highest BCUT2D eigenvalue weighted by molar-refractivity contribution is 6.86. The van der Waals surface area contributed by atoms with Gasteiger partial charge in [-0.2, -0.15) is 0 Å². The predicted octanol–water partition coefficient (Wildman–Crippen LogP) is 2.14. The van der Waals surface area contributed by atoms with Gasteiger partial charge in [-0.1, -0.05) is 0 Å². The summed E-state index contributed by atoms with van der Waals surface area (Å²) in [6, 6.07) is 0. The van der Waals surface area contributed by atoms with Crippen LogP contribution in [-0.4, -0.2) is 53.8 Å². The zero-order valence-corrected chi connectivity index (χ0v) is 22.3. The summed E-state index contributed by atoms with van der Waals surface area (Å²) in [6.07, 6.45) is 0. The second-order valence-corrected chi connectivity index (χ2v) is 28.1. The lowest BCUT2D eigenvalue weighted by atomic mass is 11.8. The van der Waals surface area contributed by atoms with Crippen molar-refractivity contribution in [3.05, 3.63) is 0 Å². The van der Waals surface area contributed by atoms with E-state index in [-0.39, 0.29) is 0 Å². The molecule has 0 aromatic rings. The minimum atomic E-state index is -2.16. The number of hydrogen-bond donors (Lipinski definition) is 0. The van der Waals surface area contributed by atoms with Gasteiger partial charge in [0.25, 0.3) is 20.0 Å². The maximum absolute atomic E-state index is 6.25. The standard InChI is InChI=1S/C10H34O5Si6/c1-18(2,3)12-16-11-17-13-20(7,8)15-21(9,10)14-19(4,5)6/h16-17H2,1-10H3. The van der Waals surface area contributed by atoms with Crippen LogP contribution >= 0.6 is 0 Å². The second kappa shape index (κ2) is 8.27. The lowest BCUT2D eigenvalue weighted by Gasteiger charge is -2.36. The Morgan fingerprint density at radius 2 is 1.00 bits per heavy atom. The average Bonchev–Trinajstić information content (AvgIpc) is 2.07. The molecule has 5 nitrogen and oxygen atoms in total. The molecule has 0 unspecified atom stereocenters. The van der Waals surface area contributed by atoms with Gasteiger partial charge >= 0.3 is 17.1 Å². The normalized spacial score (nSPS) is 15.7. The first-order valence-corrected chi connectivity index (χ1v) is 22.1. The molecule has 0 heterocycles. The molecule has 0 aromatic carbocycles. The molecule has 0 fully saturated rings. The van der Waals surface area contributed by atoms with Crippen LogP contribution in [0.4, 0.5) is 0 Å². The minimum Gasteiger partial charge on any atom is -0.441 e. The molecule has 0 rings (SSSR count). The monoisotopic (exact) mass is 402 g/mol. The van der Waals surface area contributed by atoms with E-state index in [1.807, 2.05) is 0 Å². The van der Waals surface area contributed by atoms with Crippen molar-refractivity contribution < 1.29 is 20.6 Å². The molecular formula is C10H34O5Si6. The quantitative estimate of drug-likeness (QED) is 0.414. The van der Waals surface area contributed by atoms with Crippen LogP contribution in [0.15, 0.2) is 0 Å². The third kappa shape index (κ3) is 14.4. The Kier molecular flexibility index (Phi) is 8.71. The predicted molar refractivity (Wildman–Crippen MR) is 104 cm³/mol. The molecule has 0 amide bonds. The second-order valence-electron chi connectivity index (χ2n) is 7.96. The van der Waals surface area contributed by atoms with E-state index >= 15 is 0 Å². The summed E-state index contributed by atoms with van der Waals surface area (Å²) in [4.78, 5) is 0. The fraction of sp³-hybridized carbons (Fsp3) is 1.00. The molecule has 0 aromatic heterocycles. The summed E-state index contributed by atoms with van der Waals surface area (Å²) < 4.78 is 29.9. The van der Waals surface area contributed by atoms with Crippen molar-refractivity contribution in [2.75, 3.05) is 0 Å². The summed E-state index contributed by atoms with van der Waals surface area (Å²) in [5.74, 6) is 0. The van der Waals surface area contributed by atoms with Gasteiger partial charge < -0.3 is 20.6 Å². The Hall–Kier alpha value is 1.10. The lowest BCUT2D eigenvalue weighted by molar-refractivity contribution is 0.318. The highest BCUT2D eigenvalue weighted by Crippen LogP contribution is 2.20. The fourth-order valence-corrected chi connectivity index (χ4v) is 18.7. The summed E-state index contributed by atoms with van der Waals surface area (Å²) in [6.45, 7) is 21.5. The summed E-state index contributed by atoms with van der Waals surface area (Å²) in [7, 11) is -9.18. The van der Waals surface area contributed by atoms with Gasteiger partial charge in [-0.15, -0.1) is 0 Å². The molecule has 0 aliphatic heterocycles. The van der Waals surface area contributed by atoms with E-state index in [0.29, 0.717) is 0 Å². The van der Waals surface area contributed by atoms with Crippen molar-refractivity contribution in [2.24, 2.45) is 0 Å². The molecule has 128 valence electrons. The van der Waals surface area contributed by atoms with Crippen molar-refractivity contribution in [3.8, 4) is 0 Å². The SMILES string of the molecule is C[Si](C)(C)O[SiH2]O[SiH2]O[Si](C)(C)O[Si](C)(C)O[Si](C)(C)C. The third-order valence-electron chi connectivity index (χ3n) is 2.11. The summed E-state index contributed by atoms with van der Waals surface area (Å²) >= 11 is 0. The molecule has 0 atom stereocenters. The van der Waals surface area contributed by atoms with Gasteiger partial charge in [0.1, 0.15) is 0 Å². The molecule has 0 saturated carbocycles. The van der Waals surface area contributed by atoms with E-state index in [0.717, 1.165) is 0 Å². The molecule has 0 spiro atoms. The van der Waals surface area contributed by atoms with Crippen LogP contribution in [0.1, 0.15) is 0 Å². The van der Waals surface area contributed by atoms with Crippen LogP contribution in [0.25, 0.3) is 0 Å². The van der Waals surface area contributed by atoms with Crippen LogP contribution in [0.5, 0.6) is 0 Å². The molecular weight excluding hydrogens is 369 g/mol. The Morgan fingerprint density at radius 3 is 1.43 bits per heavy atom. The smallest absolute Gasteiger partial charge is 0.313 e. The zero-order chi connectivity index (χ0) is 16.9. The van der Waals surface area contributed by atoms with E-state index in [2.05, 4.69) is 65.5 Å². The molecule has 0 bridgehead atoms. The van der Waals surface area contributed by atoms with Gasteiger partial charge in [0.2, 0.25) is 0 Å². The van der Waals surface area contributed by atoms with E-state index < -0.39 is 53.8 Å². The van der Waals surface area contributed by atoms with Crippen LogP contribution in [0.3, 0.4) is 0 Å². The van der Waals surface area contributed by atoms with Crippen molar-refractivity contribution >= 4 is 53.8 Å². The highest BCUT2D eigenvalue weighted by Gasteiger charge is 2.39. The third-order valence-corrected chi connectivity index (χ3v) is 19.0. The zero-order valence-electron chi connectivity index (χ0n) is 15.5. The molecule has 0 aliphatic carbocycles. The highest BCUT2D eigenvalue weighted by atomic mass is 28.5. The minimum absolute atomic E-state index is 0.879. The van der Waals surface area contributed by atoms with Gasteiger partial charge in [0.05, 0.1) is 0 Å². The van der Waals surface area contributed by atoms with E-state index in [1.54, 1.807) is 0 Å². The Morgan fingerprint density at radius 1 is 0.524 bits per heavy atom. The fourth-order valence-electron chi connectivity index (χ4n) is 1.82. The maximum Gasteiger partial charge on any atom is 0.313 e. The van der Waals surface area contributed by atoms with Crippen molar-refractivity contribution in [3.63, 3.8) is 0 Å². The Labute approximate surface area is 139 Å². The topological polar surface area (TPSA) is 46.2 Å². The van der Waals surface area contributed by atoms with Crippen molar-refractivity contribution in [2.45, 2.75) is 65.5 Å². The largest absolute Gasteiger partial charge is 0.441 e. The maximum atomic E-state index is 6.25.